The Balaban J connectivity index is 1.44. The second kappa shape index (κ2) is 10.3. The van der Waals surface area contributed by atoms with Crippen LogP contribution in [0.25, 0.3) is 11.0 Å². The van der Waals surface area contributed by atoms with Crippen molar-refractivity contribution in [3.8, 4) is 0 Å². The van der Waals surface area contributed by atoms with Crippen molar-refractivity contribution in [1.29, 1.82) is 0 Å². The first-order valence-electron chi connectivity index (χ1n) is 13.8. The topological polar surface area (TPSA) is 96.6 Å². The van der Waals surface area contributed by atoms with Gasteiger partial charge in [0.2, 0.25) is 10.9 Å². The van der Waals surface area contributed by atoms with Crippen LogP contribution in [0.3, 0.4) is 0 Å². The molecule has 0 aliphatic carbocycles. The zero-order valence-corrected chi connectivity index (χ0v) is 25.9. The molecule has 216 valence electrons. The largest absolute Gasteiger partial charge is 0.450 e. The van der Waals surface area contributed by atoms with Crippen molar-refractivity contribution in [3.05, 3.63) is 109 Å². The fraction of sp³-hybridized carbons (Fsp3) is 0.219. The van der Waals surface area contributed by atoms with Crippen molar-refractivity contribution < 1.29 is 14.0 Å². The van der Waals surface area contributed by atoms with Crippen molar-refractivity contribution in [1.82, 2.24) is 10.2 Å². The van der Waals surface area contributed by atoms with Gasteiger partial charge in [-0.1, -0.05) is 72.0 Å². The van der Waals surface area contributed by atoms with Crippen molar-refractivity contribution in [2.45, 2.75) is 42.8 Å². The molecule has 2 aromatic heterocycles. The number of anilines is 2. The highest BCUT2D eigenvalue weighted by atomic mass is 35.5. The molecule has 0 radical (unpaired) electrons. The SMILES string of the molecule is CCCN1C(=O)C2(c3ccccc31)c1c(oc3cc(C)c(C)cc3c1=O)C(=O)N2c1nnc(SCc2cccc(Cl)c2)s1. The molecule has 0 bridgehead atoms. The fourth-order valence-corrected chi connectivity index (χ4v) is 8.03. The van der Waals surface area contributed by atoms with Gasteiger partial charge in [-0.15, -0.1) is 10.2 Å². The molecule has 2 amide bonds. The summed E-state index contributed by atoms with van der Waals surface area (Å²) < 4.78 is 6.84. The lowest BCUT2D eigenvalue weighted by atomic mass is 9.84. The molecule has 4 heterocycles. The molecule has 1 unspecified atom stereocenters. The van der Waals surface area contributed by atoms with Gasteiger partial charge < -0.3 is 9.32 Å². The van der Waals surface area contributed by atoms with Crippen molar-refractivity contribution >= 4 is 68.3 Å². The molecular weight excluding hydrogens is 604 g/mol. The first kappa shape index (κ1) is 27.8. The number of halogens is 1. The van der Waals surface area contributed by atoms with Crippen LogP contribution in [-0.4, -0.2) is 28.6 Å². The summed E-state index contributed by atoms with van der Waals surface area (Å²) in [5, 5.41) is 9.93. The van der Waals surface area contributed by atoms with E-state index in [2.05, 4.69) is 10.2 Å². The van der Waals surface area contributed by atoms with Gasteiger partial charge in [-0.2, -0.15) is 0 Å². The molecule has 5 aromatic rings. The van der Waals surface area contributed by atoms with Gasteiger partial charge >= 0.3 is 0 Å². The van der Waals surface area contributed by atoms with Gasteiger partial charge in [0.15, 0.2) is 15.3 Å². The van der Waals surface area contributed by atoms with E-state index in [1.54, 1.807) is 23.1 Å². The average molecular weight is 629 g/mol. The highest BCUT2D eigenvalue weighted by Crippen LogP contribution is 2.54. The highest BCUT2D eigenvalue weighted by Gasteiger charge is 2.66. The number of carbonyl (C=O) groups excluding carboxylic acids is 2. The third-order valence-electron chi connectivity index (χ3n) is 8.03. The van der Waals surface area contributed by atoms with Gasteiger partial charge in [0.1, 0.15) is 5.58 Å². The summed E-state index contributed by atoms with van der Waals surface area (Å²) >= 11 is 8.80. The Hall–Kier alpha value is -3.99. The number of aromatic nitrogens is 2. The normalized spacial score (nSPS) is 17.4. The summed E-state index contributed by atoms with van der Waals surface area (Å²) in [6, 6.07) is 18.4. The van der Waals surface area contributed by atoms with Crippen LogP contribution in [0.2, 0.25) is 5.02 Å². The van der Waals surface area contributed by atoms with E-state index in [1.807, 2.05) is 63.2 Å². The van der Waals surface area contributed by atoms with E-state index in [-0.39, 0.29) is 22.4 Å². The Bertz CT molecular complexity index is 2040. The molecule has 0 fully saturated rings. The Morgan fingerprint density at radius 1 is 1.00 bits per heavy atom. The molecule has 0 saturated heterocycles. The number of rotatable bonds is 6. The number of hydrogen-bond acceptors (Lipinski definition) is 8. The van der Waals surface area contributed by atoms with Crippen LogP contribution in [0.1, 0.15) is 51.7 Å². The van der Waals surface area contributed by atoms with E-state index in [4.69, 9.17) is 16.0 Å². The summed E-state index contributed by atoms with van der Waals surface area (Å²) in [6.07, 6.45) is 0.685. The highest BCUT2D eigenvalue weighted by molar-refractivity contribution is 8.00. The van der Waals surface area contributed by atoms with E-state index < -0.39 is 16.9 Å². The number of amides is 2. The van der Waals surface area contributed by atoms with E-state index in [0.29, 0.717) is 50.3 Å². The molecule has 11 heteroatoms. The van der Waals surface area contributed by atoms with E-state index in [0.717, 1.165) is 16.7 Å². The van der Waals surface area contributed by atoms with Crippen molar-refractivity contribution in [2.24, 2.45) is 0 Å². The summed E-state index contributed by atoms with van der Waals surface area (Å²) in [5.74, 6) is -0.548. The standard InChI is InChI=1S/C32H25ClN4O4S2/c1-4-12-36-23-11-6-5-10-22(23)32(29(36)40)25-26(38)21-13-17(2)18(3)14-24(21)41-27(25)28(39)37(32)30-34-35-31(43-30)42-16-19-8-7-9-20(33)15-19/h5-11,13-15H,4,12,16H2,1-3H3. The Kier molecular flexibility index (Phi) is 6.68. The number of hydrogen-bond donors (Lipinski definition) is 0. The zero-order valence-electron chi connectivity index (χ0n) is 23.5. The molecule has 8 nitrogen and oxygen atoms in total. The lowest BCUT2D eigenvalue weighted by Crippen LogP contribution is -2.53. The van der Waals surface area contributed by atoms with Crippen molar-refractivity contribution in [3.63, 3.8) is 0 Å². The van der Waals surface area contributed by atoms with Crippen LogP contribution in [0.4, 0.5) is 10.8 Å². The first-order valence-corrected chi connectivity index (χ1v) is 16.0. The Labute approximate surface area is 260 Å². The van der Waals surface area contributed by atoms with E-state index in [1.165, 1.54) is 28.0 Å². The summed E-state index contributed by atoms with van der Waals surface area (Å²) in [4.78, 5) is 46.5. The van der Waals surface area contributed by atoms with Crippen LogP contribution in [0, 0.1) is 13.8 Å². The second-order valence-corrected chi connectivity index (χ2v) is 13.3. The maximum Gasteiger partial charge on any atom is 0.297 e. The molecule has 2 aliphatic rings. The molecule has 1 atom stereocenters. The predicted octanol–water partition coefficient (Wildman–Crippen LogP) is 6.87. The number of thioether (sulfide) groups is 1. The van der Waals surface area contributed by atoms with Gasteiger partial charge in [-0.25, -0.2) is 0 Å². The molecular formula is C32H25ClN4O4S2. The maximum absolute atomic E-state index is 14.7. The number of fused-ring (bicyclic) bond motifs is 5. The predicted molar refractivity (Wildman–Crippen MR) is 170 cm³/mol. The minimum atomic E-state index is -1.78. The third-order valence-corrected chi connectivity index (χ3v) is 10.4. The van der Waals surface area contributed by atoms with Gasteiger partial charge in [0, 0.05) is 22.9 Å². The molecule has 3 aromatic carbocycles. The van der Waals surface area contributed by atoms with Gasteiger partial charge in [-0.05, 0) is 67.3 Å². The molecule has 7 rings (SSSR count). The molecule has 0 N–H and O–H groups in total. The second-order valence-electron chi connectivity index (χ2n) is 10.7. The first-order chi connectivity index (χ1) is 20.7. The fourth-order valence-electron chi connectivity index (χ4n) is 5.99. The minimum Gasteiger partial charge on any atom is -0.450 e. The van der Waals surface area contributed by atoms with Crippen LogP contribution in [0.5, 0.6) is 0 Å². The van der Waals surface area contributed by atoms with Gasteiger partial charge in [-0.3, -0.25) is 19.3 Å². The maximum atomic E-state index is 14.7. The van der Waals surface area contributed by atoms with Crippen LogP contribution < -0.4 is 15.2 Å². The van der Waals surface area contributed by atoms with E-state index in [9.17, 15) is 14.4 Å². The van der Waals surface area contributed by atoms with Crippen molar-refractivity contribution in [2.75, 3.05) is 16.3 Å². The Morgan fingerprint density at radius 3 is 2.58 bits per heavy atom. The quantitative estimate of drug-likeness (QED) is 0.150. The summed E-state index contributed by atoms with van der Waals surface area (Å²) in [6.45, 7) is 6.23. The third kappa shape index (κ3) is 4.07. The van der Waals surface area contributed by atoms with Gasteiger partial charge in [0.25, 0.3) is 11.8 Å². The van der Waals surface area contributed by atoms with E-state index >= 15 is 0 Å². The molecule has 1 spiro atoms. The summed E-state index contributed by atoms with van der Waals surface area (Å²) in [7, 11) is 0. The molecule has 43 heavy (non-hydrogen) atoms. The van der Waals surface area contributed by atoms with Gasteiger partial charge in [0.05, 0.1) is 16.6 Å². The monoisotopic (exact) mass is 628 g/mol. The lowest BCUT2D eigenvalue weighted by molar-refractivity contribution is -0.121. The summed E-state index contributed by atoms with van der Waals surface area (Å²) in [5.41, 5.74) is 2.18. The minimum absolute atomic E-state index is 0.0210. The number of carbonyl (C=O) groups is 2. The number of nitrogens with zero attached hydrogens (tertiary/aromatic N) is 4. The Morgan fingerprint density at radius 2 is 1.79 bits per heavy atom. The van der Waals surface area contributed by atoms with Crippen LogP contribution in [0.15, 0.2) is 74.2 Å². The number of benzene rings is 3. The molecule has 2 aliphatic heterocycles. The smallest absolute Gasteiger partial charge is 0.297 e. The zero-order chi connectivity index (χ0) is 30.0. The lowest BCUT2D eigenvalue weighted by Gasteiger charge is -2.32. The van der Waals surface area contributed by atoms with Crippen LogP contribution in [-0.2, 0) is 16.1 Å². The average Bonchev–Trinajstić information content (AvgIpc) is 3.63. The number of aryl methyl sites for hydroxylation is 2. The van der Waals surface area contributed by atoms with Crippen LogP contribution >= 0.6 is 34.7 Å². The number of para-hydroxylation sites is 1. The molecule has 0 saturated carbocycles.